The molecule has 1 aliphatic rings. The molecular weight excluding hydrogens is 278 g/mol. The molecule has 1 aliphatic heterocycles. The van der Waals surface area contributed by atoms with Crippen molar-refractivity contribution in [1.82, 2.24) is 9.97 Å². The van der Waals surface area contributed by atoms with Gasteiger partial charge in [0.15, 0.2) is 0 Å². The Bertz CT molecular complexity index is 952. The van der Waals surface area contributed by atoms with E-state index in [1.807, 2.05) is 31.2 Å². The van der Waals surface area contributed by atoms with Gasteiger partial charge in [-0.25, -0.2) is 0 Å². The van der Waals surface area contributed by atoms with Crippen LogP contribution >= 0.6 is 0 Å². The fourth-order valence-electron chi connectivity index (χ4n) is 3.15. The molecule has 0 radical (unpaired) electrons. The molecule has 3 heterocycles. The molecule has 0 bridgehead atoms. The van der Waals surface area contributed by atoms with Gasteiger partial charge >= 0.3 is 0 Å². The summed E-state index contributed by atoms with van der Waals surface area (Å²) in [6, 6.07) is 7.89. The maximum Gasteiger partial charge on any atom is 0.260 e. The van der Waals surface area contributed by atoms with Crippen LogP contribution in [0.15, 0.2) is 41.5 Å². The summed E-state index contributed by atoms with van der Waals surface area (Å²) >= 11 is 0. The Labute approximate surface area is 126 Å². The van der Waals surface area contributed by atoms with E-state index < -0.39 is 0 Å². The number of aryl methyl sites for hydroxylation is 1. The summed E-state index contributed by atoms with van der Waals surface area (Å²) in [5.74, 6) is -0.132. The first-order valence-corrected chi connectivity index (χ1v) is 7.26. The molecule has 1 aromatic carbocycles. The fraction of sp³-hybridized carbons (Fsp3) is 0.176. The van der Waals surface area contributed by atoms with Crippen LogP contribution in [0.25, 0.3) is 10.9 Å². The van der Waals surface area contributed by atoms with Crippen molar-refractivity contribution < 1.29 is 4.79 Å². The van der Waals surface area contributed by atoms with Crippen LogP contribution < -0.4 is 10.5 Å². The third kappa shape index (κ3) is 1.72. The van der Waals surface area contributed by atoms with E-state index in [-0.39, 0.29) is 11.5 Å². The van der Waals surface area contributed by atoms with E-state index in [1.54, 1.807) is 17.3 Å². The van der Waals surface area contributed by atoms with Gasteiger partial charge in [0.25, 0.3) is 11.5 Å². The van der Waals surface area contributed by atoms with Gasteiger partial charge in [0.2, 0.25) is 0 Å². The minimum Gasteiger partial charge on any atom is -0.360 e. The second kappa shape index (κ2) is 4.59. The van der Waals surface area contributed by atoms with Crippen LogP contribution in [0.5, 0.6) is 0 Å². The van der Waals surface area contributed by atoms with Gasteiger partial charge in [-0.3, -0.25) is 9.59 Å². The van der Waals surface area contributed by atoms with Gasteiger partial charge in [-0.2, -0.15) is 0 Å². The van der Waals surface area contributed by atoms with Crippen molar-refractivity contribution >= 4 is 22.5 Å². The lowest BCUT2D eigenvalue weighted by Gasteiger charge is -2.16. The number of pyridine rings is 1. The number of benzene rings is 1. The Hall–Kier alpha value is -2.82. The molecule has 2 aromatic heterocycles. The highest BCUT2D eigenvalue weighted by Gasteiger charge is 2.27. The Morgan fingerprint density at radius 3 is 2.86 bits per heavy atom. The third-order valence-electron chi connectivity index (χ3n) is 4.28. The number of hydrogen-bond donors (Lipinski definition) is 2. The Morgan fingerprint density at radius 1 is 1.18 bits per heavy atom. The number of fused-ring (bicyclic) bond motifs is 2. The molecule has 0 fully saturated rings. The van der Waals surface area contributed by atoms with E-state index in [2.05, 4.69) is 9.97 Å². The molecule has 1 amide bonds. The first-order chi connectivity index (χ1) is 10.7. The molecule has 0 aliphatic carbocycles. The van der Waals surface area contributed by atoms with Crippen molar-refractivity contribution in [3.63, 3.8) is 0 Å². The first kappa shape index (κ1) is 12.9. The van der Waals surface area contributed by atoms with Crippen LogP contribution in [0.2, 0.25) is 0 Å². The number of nitrogens with one attached hydrogen (secondary N) is 2. The van der Waals surface area contributed by atoms with Crippen LogP contribution in [0.3, 0.4) is 0 Å². The summed E-state index contributed by atoms with van der Waals surface area (Å²) < 4.78 is 0. The van der Waals surface area contributed by atoms with Crippen molar-refractivity contribution in [2.24, 2.45) is 0 Å². The van der Waals surface area contributed by atoms with Crippen molar-refractivity contribution in [3.8, 4) is 0 Å². The second-order valence-corrected chi connectivity index (χ2v) is 5.59. The van der Waals surface area contributed by atoms with Crippen molar-refractivity contribution in [3.05, 3.63) is 63.7 Å². The largest absolute Gasteiger partial charge is 0.360 e. The van der Waals surface area contributed by atoms with Crippen molar-refractivity contribution in [2.45, 2.75) is 13.3 Å². The molecule has 0 saturated carbocycles. The zero-order valence-electron chi connectivity index (χ0n) is 12.1. The van der Waals surface area contributed by atoms with Crippen LogP contribution in [0, 0.1) is 6.92 Å². The van der Waals surface area contributed by atoms with Crippen LogP contribution in [0.4, 0.5) is 5.69 Å². The Balaban J connectivity index is 1.86. The summed E-state index contributed by atoms with van der Waals surface area (Å²) in [6.45, 7) is 2.54. The van der Waals surface area contributed by atoms with Crippen LogP contribution in [-0.2, 0) is 6.42 Å². The number of hydrogen-bond acceptors (Lipinski definition) is 2. The average molecular weight is 293 g/mol. The van der Waals surface area contributed by atoms with E-state index in [9.17, 15) is 9.59 Å². The summed E-state index contributed by atoms with van der Waals surface area (Å²) in [5, 5.41) is 0.439. The minimum absolute atomic E-state index is 0.132. The molecule has 5 heteroatoms. The molecule has 22 heavy (non-hydrogen) atoms. The van der Waals surface area contributed by atoms with Crippen molar-refractivity contribution in [2.75, 3.05) is 11.4 Å². The first-order valence-electron chi connectivity index (χ1n) is 7.26. The topological polar surface area (TPSA) is 69.0 Å². The zero-order valence-corrected chi connectivity index (χ0v) is 12.1. The molecule has 0 spiro atoms. The predicted molar refractivity (Wildman–Crippen MR) is 85.5 cm³/mol. The van der Waals surface area contributed by atoms with E-state index in [0.29, 0.717) is 17.5 Å². The van der Waals surface area contributed by atoms with E-state index >= 15 is 0 Å². The normalized spacial score (nSPS) is 13.6. The lowest BCUT2D eigenvalue weighted by Crippen LogP contribution is -2.29. The number of carbonyl (C=O) groups is 1. The number of anilines is 1. The molecule has 3 aromatic rings. The van der Waals surface area contributed by atoms with Gasteiger partial charge in [-0.1, -0.05) is 18.2 Å². The average Bonchev–Trinajstić information content (AvgIpc) is 3.15. The molecular formula is C17H15N3O2. The number of H-pyrrole nitrogens is 2. The van der Waals surface area contributed by atoms with E-state index in [0.717, 1.165) is 23.2 Å². The molecule has 5 nitrogen and oxygen atoms in total. The third-order valence-corrected chi connectivity index (χ3v) is 4.28. The number of aromatic nitrogens is 2. The highest BCUT2D eigenvalue weighted by molar-refractivity contribution is 6.14. The van der Waals surface area contributed by atoms with Gasteiger partial charge in [-0.05, 0) is 30.5 Å². The molecule has 0 unspecified atom stereocenters. The molecule has 4 rings (SSSR count). The lowest BCUT2D eigenvalue weighted by molar-refractivity contribution is 0.0991. The van der Waals surface area contributed by atoms with Gasteiger partial charge in [0.1, 0.15) is 0 Å². The van der Waals surface area contributed by atoms with Gasteiger partial charge in [0, 0.05) is 24.6 Å². The summed E-state index contributed by atoms with van der Waals surface area (Å²) in [6.07, 6.45) is 4.14. The second-order valence-electron chi connectivity index (χ2n) is 5.59. The maximum atomic E-state index is 12.9. The number of aromatic amines is 2. The lowest BCUT2D eigenvalue weighted by atomic mass is 10.1. The maximum absolute atomic E-state index is 12.9. The van der Waals surface area contributed by atoms with Crippen LogP contribution in [-0.4, -0.2) is 22.4 Å². The predicted octanol–water partition coefficient (Wildman–Crippen LogP) is 2.37. The van der Waals surface area contributed by atoms with E-state index in [4.69, 9.17) is 0 Å². The number of rotatable bonds is 1. The van der Waals surface area contributed by atoms with Crippen molar-refractivity contribution in [1.29, 1.82) is 0 Å². The standard InChI is InChI=1S/C17H15N3O2/c1-10-8-19-16(21)14-12(9-18-15(10)14)17(22)20-7-6-11-4-2-3-5-13(11)20/h2-5,8-9,18H,6-7H2,1H3,(H,19,21). The molecule has 2 N–H and O–H groups in total. The quantitative estimate of drug-likeness (QED) is 0.723. The Morgan fingerprint density at radius 2 is 2.00 bits per heavy atom. The Kier molecular flexibility index (Phi) is 2.69. The van der Waals surface area contributed by atoms with Gasteiger partial charge in [-0.15, -0.1) is 0 Å². The molecule has 0 atom stereocenters. The molecule has 110 valence electrons. The number of nitrogens with zero attached hydrogens (tertiary/aromatic N) is 1. The summed E-state index contributed by atoms with van der Waals surface area (Å²) in [5.41, 5.74) is 3.93. The van der Waals surface area contributed by atoms with Gasteiger partial charge in [0.05, 0.1) is 16.5 Å². The van der Waals surface area contributed by atoms with E-state index in [1.165, 1.54) is 5.56 Å². The number of carbonyl (C=O) groups excluding carboxylic acids is 1. The van der Waals surface area contributed by atoms with Crippen LogP contribution in [0.1, 0.15) is 21.5 Å². The fourth-order valence-corrected chi connectivity index (χ4v) is 3.15. The number of para-hydroxylation sites is 1. The summed E-state index contributed by atoms with van der Waals surface area (Å²) in [7, 11) is 0. The van der Waals surface area contributed by atoms with Gasteiger partial charge < -0.3 is 14.9 Å². The summed E-state index contributed by atoms with van der Waals surface area (Å²) in [4.78, 5) is 32.5. The highest BCUT2D eigenvalue weighted by Crippen LogP contribution is 2.30. The smallest absolute Gasteiger partial charge is 0.260 e. The number of amides is 1. The highest BCUT2D eigenvalue weighted by atomic mass is 16.2. The zero-order chi connectivity index (χ0) is 15.3. The molecule has 0 saturated heterocycles. The SMILES string of the molecule is Cc1c[nH]c(=O)c2c(C(=O)N3CCc4ccccc43)c[nH]c12. The monoisotopic (exact) mass is 293 g/mol. The minimum atomic E-state index is -0.238.